The van der Waals surface area contributed by atoms with Gasteiger partial charge in [0, 0.05) is 18.3 Å². The summed E-state index contributed by atoms with van der Waals surface area (Å²) in [5.41, 5.74) is 14.3. The Morgan fingerprint density at radius 3 is 1.97 bits per heavy atom. The third kappa shape index (κ3) is 6.76. The summed E-state index contributed by atoms with van der Waals surface area (Å²) in [5.74, 6) is 0.635. The van der Waals surface area contributed by atoms with E-state index in [1.807, 2.05) is 12.1 Å². The molecule has 0 aliphatic carbocycles. The van der Waals surface area contributed by atoms with Crippen LogP contribution < -0.4 is 5.73 Å². The van der Waals surface area contributed by atoms with Crippen LogP contribution in [0.5, 0.6) is 0 Å². The van der Waals surface area contributed by atoms with Crippen LogP contribution in [0.25, 0.3) is 11.1 Å². The van der Waals surface area contributed by atoms with Crippen molar-refractivity contribution >= 4 is 29.2 Å². The topological polar surface area (TPSA) is 49.5 Å². The molecule has 35 heavy (non-hydrogen) atoms. The van der Waals surface area contributed by atoms with Gasteiger partial charge in [-0.3, -0.25) is 0 Å². The largest absolute Gasteiger partial charge is 0.399 e. The number of allylic oxidation sites excluding steroid dienone is 1. The summed E-state index contributed by atoms with van der Waals surface area (Å²) in [4.78, 5) is 2.58. The van der Waals surface area contributed by atoms with Crippen molar-refractivity contribution in [2.75, 3.05) is 25.4 Å². The summed E-state index contributed by atoms with van der Waals surface area (Å²) in [6, 6.07) is 28.6. The first-order valence-electron chi connectivity index (χ1n) is 12.7. The van der Waals surface area contributed by atoms with Crippen molar-refractivity contribution in [3.63, 3.8) is 0 Å². The molecule has 186 valence electrons. The highest BCUT2D eigenvalue weighted by Crippen LogP contribution is 2.37. The van der Waals surface area contributed by atoms with Gasteiger partial charge in [-0.25, -0.2) is 0 Å². The lowest BCUT2D eigenvalue weighted by atomic mass is 9.85. The van der Waals surface area contributed by atoms with Crippen LogP contribution in [-0.4, -0.2) is 35.7 Å². The third-order valence-electron chi connectivity index (χ3n) is 7.14. The Morgan fingerprint density at radius 2 is 1.43 bits per heavy atom. The fraction of sp³-hybridized carbons (Fsp3) is 0.355. The number of rotatable bonds is 8. The van der Waals surface area contributed by atoms with Crippen LogP contribution in [0.3, 0.4) is 0 Å². The minimum absolute atomic E-state index is 0. The maximum Gasteiger partial charge on any atom is 0.0434 e. The second-order valence-corrected chi connectivity index (χ2v) is 9.69. The summed E-state index contributed by atoms with van der Waals surface area (Å²) < 4.78 is 0. The van der Waals surface area contributed by atoms with Gasteiger partial charge >= 0.3 is 0 Å². The first-order valence-corrected chi connectivity index (χ1v) is 12.7. The zero-order valence-corrected chi connectivity index (χ0v) is 21.8. The molecule has 1 heterocycles. The van der Waals surface area contributed by atoms with Crippen LogP contribution in [0.1, 0.15) is 67.7 Å². The molecule has 0 radical (unpaired) electrons. The molecule has 4 heteroatoms. The molecule has 0 saturated carbocycles. The van der Waals surface area contributed by atoms with Crippen molar-refractivity contribution in [1.29, 1.82) is 0 Å². The molecule has 4 rings (SSSR count). The number of likely N-dealkylation sites (tertiary alicyclic amines) is 1. The zero-order chi connectivity index (χ0) is 23.9. The van der Waals surface area contributed by atoms with E-state index in [0.717, 1.165) is 24.1 Å². The number of nitrogens with zero attached hydrogens (tertiary/aromatic N) is 1. The van der Waals surface area contributed by atoms with Crippen molar-refractivity contribution in [3.05, 3.63) is 101 Å². The minimum Gasteiger partial charge on any atom is -0.399 e. The molecular weight excluding hydrogens is 452 g/mol. The summed E-state index contributed by atoms with van der Waals surface area (Å²) in [5, 5.41) is 9.61. The lowest BCUT2D eigenvalue weighted by Crippen LogP contribution is -2.37. The molecule has 3 aromatic carbocycles. The van der Waals surface area contributed by atoms with Crippen molar-refractivity contribution in [2.24, 2.45) is 0 Å². The highest BCUT2D eigenvalue weighted by atomic mass is 35.5. The molecule has 1 aliphatic rings. The lowest BCUT2D eigenvalue weighted by molar-refractivity contribution is 0.172. The van der Waals surface area contributed by atoms with Gasteiger partial charge in [-0.05, 0) is 104 Å². The van der Waals surface area contributed by atoms with Crippen LogP contribution in [-0.2, 0) is 0 Å². The standard InChI is InChI=1S/C31H38N2O.ClH/c1-23(2)33-20-18-25(19-21-33)24-10-12-27(13-11-24)31(28-14-16-29(32)17-15-28)30(9-6-22-34)26-7-4-3-5-8-26;/h3-5,7-8,10-17,23,25,34H,6,9,18-22,32H2,1-2H3;1H/b31-30+;. The molecule has 3 aromatic rings. The van der Waals surface area contributed by atoms with E-state index in [-0.39, 0.29) is 19.0 Å². The minimum atomic E-state index is 0. The Labute approximate surface area is 217 Å². The van der Waals surface area contributed by atoms with Gasteiger partial charge in [0.25, 0.3) is 0 Å². The van der Waals surface area contributed by atoms with E-state index < -0.39 is 0 Å². The maximum absolute atomic E-state index is 9.61. The molecule has 3 N–H and O–H groups in total. The van der Waals surface area contributed by atoms with Gasteiger partial charge in [0.2, 0.25) is 0 Å². The third-order valence-corrected chi connectivity index (χ3v) is 7.14. The average Bonchev–Trinajstić information content (AvgIpc) is 2.88. The van der Waals surface area contributed by atoms with E-state index in [0.29, 0.717) is 12.0 Å². The van der Waals surface area contributed by atoms with Crippen LogP contribution in [0, 0.1) is 0 Å². The molecular formula is C31H39ClN2O. The number of nitrogens with two attached hydrogens (primary N) is 1. The molecule has 0 amide bonds. The van der Waals surface area contributed by atoms with Crippen molar-refractivity contribution < 1.29 is 5.11 Å². The second-order valence-electron chi connectivity index (χ2n) is 9.69. The number of hydrogen-bond donors (Lipinski definition) is 2. The number of piperidine rings is 1. The van der Waals surface area contributed by atoms with Crippen LogP contribution in [0.15, 0.2) is 78.9 Å². The van der Waals surface area contributed by atoms with E-state index >= 15 is 0 Å². The first-order chi connectivity index (χ1) is 16.6. The number of hydrogen-bond acceptors (Lipinski definition) is 3. The Hall–Kier alpha value is -2.59. The molecule has 1 fully saturated rings. The summed E-state index contributed by atoms with van der Waals surface area (Å²) in [6.45, 7) is 7.13. The lowest BCUT2D eigenvalue weighted by Gasteiger charge is -2.34. The smallest absolute Gasteiger partial charge is 0.0434 e. The van der Waals surface area contributed by atoms with Crippen LogP contribution >= 0.6 is 12.4 Å². The van der Waals surface area contributed by atoms with Gasteiger partial charge in [-0.1, -0.05) is 66.7 Å². The van der Waals surface area contributed by atoms with Gasteiger partial charge in [0.05, 0.1) is 0 Å². The van der Waals surface area contributed by atoms with Gasteiger partial charge in [0.15, 0.2) is 0 Å². The Balaban J connectivity index is 0.00000342. The van der Waals surface area contributed by atoms with Crippen LogP contribution in [0.4, 0.5) is 5.69 Å². The fourth-order valence-electron chi connectivity index (χ4n) is 5.14. The fourth-order valence-corrected chi connectivity index (χ4v) is 5.14. The molecule has 3 nitrogen and oxygen atoms in total. The highest BCUT2D eigenvalue weighted by molar-refractivity contribution is 5.98. The maximum atomic E-state index is 9.61. The molecule has 0 atom stereocenters. The SMILES string of the molecule is CC(C)N1CCC(c2ccc(/C(=C(/CCCO)c3ccccc3)c3ccc(N)cc3)cc2)CC1.Cl. The predicted octanol–water partition coefficient (Wildman–Crippen LogP) is 7.01. The molecule has 0 spiro atoms. The number of nitrogen functional groups attached to an aromatic ring is 1. The summed E-state index contributed by atoms with van der Waals surface area (Å²) in [6.07, 6.45) is 4.00. The first kappa shape index (κ1) is 27.0. The molecule has 0 unspecified atom stereocenters. The normalized spacial score (nSPS) is 15.5. The average molecular weight is 491 g/mol. The summed E-state index contributed by atoms with van der Waals surface area (Å²) >= 11 is 0. The molecule has 0 aromatic heterocycles. The van der Waals surface area contributed by atoms with Crippen molar-refractivity contribution in [2.45, 2.75) is 51.5 Å². The van der Waals surface area contributed by atoms with Gasteiger partial charge in [-0.2, -0.15) is 0 Å². The van der Waals surface area contributed by atoms with E-state index in [9.17, 15) is 5.11 Å². The Morgan fingerprint density at radius 1 is 0.857 bits per heavy atom. The van der Waals surface area contributed by atoms with Crippen LogP contribution in [0.2, 0.25) is 0 Å². The van der Waals surface area contributed by atoms with Crippen molar-refractivity contribution in [1.82, 2.24) is 4.90 Å². The Kier molecular flexibility index (Phi) is 9.97. The van der Waals surface area contributed by atoms with E-state index in [1.165, 1.54) is 53.8 Å². The predicted molar refractivity (Wildman–Crippen MR) is 152 cm³/mol. The number of halogens is 1. The highest BCUT2D eigenvalue weighted by Gasteiger charge is 2.22. The van der Waals surface area contributed by atoms with E-state index in [2.05, 4.69) is 85.5 Å². The van der Waals surface area contributed by atoms with Gasteiger partial charge < -0.3 is 15.7 Å². The monoisotopic (exact) mass is 490 g/mol. The molecule has 0 bridgehead atoms. The number of aliphatic hydroxyl groups excluding tert-OH is 1. The number of benzene rings is 3. The van der Waals surface area contributed by atoms with E-state index in [4.69, 9.17) is 5.73 Å². The number of aliphatic hydroxyl groups is 1. The second kappa shape index (κ2) is 12.9. The number of anilines is 1. The molecule has 1 saturated heterocycles. The summed E-state index contributed by atoms with van der Waals surface area (Å²) in [7, 11) is 0. The van der Waals surface area contributed by atoms with E-state index in [1.54, 1.807) is 0 Å². The quantitative estimate of drug-likeness (QED) is 0.263. The van der Waals surface area contributed by atoms with Gasteiger partial charge in [0.1, 0.15) is 0 Å². The molecule has 1 aliphatic heterocycles. The Bertz CT molecular complexity index is 1070. The zero-order valence-electron chi connectivity index (χ0n) is 21.0. The van der Waals surface area contributed by atoms with Gasteiger partial charge in [-0.15, -0.1) is 12.4 Å². The van der Waals surface area contributed by atoms with Crippen molar-refractivity contribution in [3.8, 4) is 0 Å².